The minimum Gasteiger partial charge on any atom is -0.355 e. The van der Waals surface area contributed by atoms with Gasteiger partial charge in [-0.3, -0.25) is 14.3 Å². The predicted molar refractivity (Wildman–Crippen MR) is 133 cm³/mol. The van der Waals surface area contributed by atoms with Gasteiger partial charge in [0.2, 0.25) is 11.8 Å². The maximum absolute atomic E-state index is 12.4. The molecular formula is C28H28N4O2. The average molecular weight is 453 g/mol. The Kier molecular flexibility index (Phi) is 7.85. The maximum Gasteiger partial charge on any atom is 0.224 e. The highest BCUT2D eigenvalue weighted by Gasteiger charge is 2.13. The van der Waals surface area contributed by atoms with Gasteiger partial charge in [0.05, 0.1) is 18.7 Å². The standard InChI is InChI=1S/C28H28N4O2/c33-26(16-17-29-27(34)18-22-10-4-1-5-11-22)30-19-25-21-32(20-23-12-6-2-7-13-23)31-28(25)24-14-8-3-9-15-24/h1-15,21H,16-20H2,(H,29,34)(H,30,33). The Morgan fingerprint density at radius 2 is 1.35 bits per heavy atom. The highest BCUT2D eigenvalue weighted by atomic mass is 16.2. The van der Waals surface area contributed by atoms with Gasteiger partial charge in [-0.15, -0.1) is 0 Å². The lowest BCUT2D eigenvalue weighted by Gasteiger charge is -2.07. The van der Waals surface area contributed by atoms with Gasteiger partial charge in [0.25, 0.3) is 0 Å². The maximum atomic E-state index is 12.4. The second-order valence-corrected chi connectivity index (χ2v) is 8.09. The highest BCUT2D eigenvalue weighted by Crippen LogP contribution is 2.22. The van der Waals surface area contributed by atoms with Gasteiger partial charge >= 0.3 is 0 Å². The third-order valence-corrected chi connectivity index (χ3v) is 5.43. The fourth-order valence-electron chi connectivity index (χ4n) is 3.72. The monoisotopic (exact) mass is 452 g/mol. The first-order valence-electron chi connectivity index (χ1n) is 11.4. The molecule has 4 aromatic rings. The molecule has 2 amide bonds. The van der Waals surface area contributed by atoms with Gasteiger partial charge in [-0.1, -0.05) is 91.0 Å². The first-order valence-corrected chi connectivity index (χ1v) is 11.4. The van der Waals surface area contributed by atoms with Crippen molar-refractivity contribution < 1.29 is 9.59 Å². The molecule has 0 saturated heterocycles. The summed E-state index contributed by atoms with van der Waals surface area (Å²) >= 11 is 0. The van der Waals surface area contributed by atoms with Gasteiger partial charge < -0.3 is 10.6 Å². The predicted octanol–water partition coefficient (Wildman–Crippen LogP) is 3.96. The van der Waals surface area contributed by atoms with Crippen molar-refractivity contribution in [1.82, 2.24) is 20.4 Å². The summed E-state index contributed by atoms with van der Waals surface area (Å²) in [4.78, 5) is 24.5. The number of amides is 2. The van der Waals surface area contributed by atoms with Crippen molar-refractivity contribution >= 4 is 11.8 Å². The SMILES string of the molecule is O=C(CCNC(=O)Cc1ccccc1)NCc1cn(Cc2ccccc2)nc1-c1ccccc1. The van der Waals surface area contributed by atoms with Crippen LogP contribution in [0.15, 0.2) is 97.2 Å². The number of carbonyl (C=O) groups excluding carboxylic acids is 2. The molecule has 2 N–H and O–H groups in total. The highest BCUT2D eigenvalue weighted by molar-refractivity contribution is 5.80. The van der Waals surface area contributed by atoms with Gasteiger partial charge in [-0.2, -0.15) is 5.10 Å². The van der Waals surface area contributed by atoms with Gasteiger partial charge in [0, 0.05) is 36.8 Å². The molecule has 34 heavy (non-hydrogen) atoms. The zero-order valence-corrected chi connectivity index (χ0v) is 19.0. The number of hydrogen-bond acceptors (Lipinski definition) is 3. The van der Waals surface area contributed by atoms with Gasteiger partial charge in [0.1, 0.15) is 0 Å². The van der Waals surface area contributed by atoms with Crippen molar-refractivity contribution in [3.63, 3.8) is 0 Å². The van der Waals surface area contributed by atoms with Crippen LogP contribution in [0.5, 0.6) is 0 Å². The van der Waals surface area contributed by atoms with E-state index in [-0.39, 0.29) is 18.2 Å². The van der Waals surface area contributed by atoms with E-state index >= 15 is 0 Å². The summed E-state index contributed by atoms with van der Waals surface area (Å²) in [5.41, 5.74) is 4.92. The summed E-state index contributed by atoms with van der Waals surface area (Å²) < 4.78 is 1.91. The quantitative estimate of drug-likeness (QED) is 0.382. The summed E-state index contributed by atoms with van der Waals surface area (Å²) in [5.74, 6) is -0.206. The minimum absolute atomic E-state index is 0.0902. The fraction of sp³-hybridized carbons (Fsp3) is 0.179. The minimum atomic E-state index is -0.116. The molecule has 0 saturated carbocycles. The molecule has 4 rings (SSSR count). The first-order chi connectivity index (χ1) is 16.7. The van der Waals surface area contributed by atoms with Crippen molar-refractivity contribution in [2.45, 2.75) is 25.9 Å². The zero-order valence-electron chi connectivity index (χ0n) is 19.0. The average Bonchev–Trinajstić information content (AvgIpc) is 3.27. The first kappa shape index (κ1) is 23.0. The third kappa shape index (κ3) is 6.65. The number of benzene rings is 3. The lowest BCUT2D eigenvalue weighted by molar-refractivity contribution is -0.122. The molecule has 0 atom stereocenters. The second-order valence-electron chi connectivity index (χ2n) is 8.09. The molecule has 0 aliphatic rings. The molecule has 1 heterocycles. The molecule has 172 valence electrons. The Bertz CT molecular complexity index is 1210. The van der Waals surface area contributed by atoms with Crippen LogP contribution in [0.4, 0.5) is 0 Å². The summed E-state index contributed by atoms with van der Waals surface area (Å²) in [5, 5.41) is 10.6. The number of nitrogens with zero attached hydrogens (tertiary/aromatic N) is 2. The third-order valence-electron chi connectivity index (χ3n) is 5.43. The Balaban J connectivity index is 1.33. The Labute approximate surface area is 199 Å². The second kappa shape index (κ2) is 11.6. The van der Waals surface area contributed by atoms with E-state index in [9.17, 15) is 9.59 Å². The van der Waals surface area contributed by atoms with Crippen LogP contribution in [0, 0.1) is 0 Å². The van der Waals surface area contributed by atoms with Crippen LogP contribution in [-0.4, -0.2) is 28.1 Å². The molecule has 0 aliphatic heterocycles. The number of carbonyl (C=O) groups is 2. The number of nitrogens with one attached hydrogen (secondary N) is 2. The molecule has 0 aliphatic carbocycles. The van der Waals surface area contributed by atoms with E-state index in [1.165, 1.54) is 0 Å². The topological polar surface area (TPSA) is 76.0 Å². The molecule has 6 nitrogen and oxygen atoms in total. The van der Waals surface area contributed by atoms with Crippen molar-refractivity contribution in [3.8, 4) is 11.3 Å². The molecule has 6 heteroatoms. The lowest BCUT2D eigenvalue weighted by atomic mass is 10.1. The van der Waals surface area contributed by atoms with E-state index in [1.54, 1.807) is 0 Å². The molecule has 0 fully saturated rings. The summed E-state index contributed by atoms with van der Waals surface area (Å²) in [6.45, 7) is 1.33. The normalized spacial score (nSPS) is 10.6. The summed E-state index contributed by atoms with van der Waals surface area (Å²) in [7, 11) is 0. The van der Waals surface area contributed by atoms with Crippen LogP contribution in [-0.2, 0) is 29.1 Å². The van der Waals surface area contributed by atoms with E-state index in [0.717, 1.165) is 27.9 Å². The van der Waals surface area contributed by atoms with Crippen molar-refractivity contribution in [3.05, 3.63) is 114 Å². The van der Waals surface area contributed by atoms with Crippen molar-refractivity contribution in [2.24, 2.45) is 0 Å². The number of aromatic nitrogens is 2. The fourth-order valence-corrected chi connectivity index (χ4v) is 3.72. The van der Waals surface area contributed by atoms with Crippen molar-refractivity contribution in [1.29, 1.82) is 0 Å². The Hall–Kier alpha value is -4.19. The molecule has 3 aromatic carbocycles. The zero-order chi connectivity index (χ0) is 23.6. The number of rotatable bonds is 10. The van der Waals surface area contributed by atoms with E-state index in [1.807, 2.05) is 89.7 Å². The molecular weight excluding hydrogens is 424 g/mol. The Morgan fingerprint density at radius 1 is 0.735 bits per heavy atom. The summed E-state index contributed by atoms with van der Waals surface area (Å²) in [6, 6.07) is 29.7. The van der Waals surface area contributed by atoms with Crippen LogP contribution in [0.2, 0.25) is 0 Å². The van der Waals surface area contributed by atoms with Crippen LogP contribution in [0.3, 0.4) is 0 Å². The van der Waals surface area contributed by atoms with Gasteiger partial charge in [-0.05, 0) is 11.1 Å². The molecule has 1 aromatic heterocycles. The summed E-state index contributed by atoms with van der Waals surface area (Å²) in [6.07, 6.45) is 2.51. The Morgan fingerprint density at radius 3 is 2.03 bits per heavy atom. The molecule has 0 unspecified atom stereocenters. The molecule has 0 bridgehead atoms. The van der Waals surface area contributed by atoms with Crippen LogP contribution >= 0.6 is 0 Å². The molecule has 0 radical (unpaired) electrons. The van der Waals surface area contributed by atoms with Crippen molar-refractivity contribution in [2.75, 3.05) is 6.54 Å². The van der Waals surface area contributed by atoms with E-state index in [2.05, 4.69) is 22.8 Å². The smallest absolute Gasteiger partial charge is 0.224 e. The number of hydrogen-bond donors (Lipinski definition) is 2. The van der Waals surface area contributed by atoms with E-state index in [0.29, 0.717) is 26.1 Å². The van der Waals surface area contributed by atoms with Crippen LogP contribution in [0.1, 0.15) is 23.1 Å². The molecule has 0 spiro atoms. The van der Waals surface area contributed by atoms with E-state index < -0.39 is 0 Å². The van der Waals surface area contributed by atoms with Crippen LogP contribution < -0.4 is 10.6 Å². The van der Waals surface area contributed by atoms with Gasteiger partial charge in [0.15, 0.2) is 0 Å². The van der Waals surface area contributed by atoms with Crippen LogP contribution in [0.25, 0.3) is 11.3 Å². The lowest BCUT2D eigenvalue weighted by Crippen LogP contribution is -2.31. The van der Waals surface area contributed by atoms with Gasteiger partial charge in [-0.25, -0.2) is 0 Å². The van der Waals surface area contributed by atoms with E-state index in [4.69, 9.17) is 5.10 Å². The largest absolute Gasteiger partial charge is 0.355 e.